The molecule has 3 nitrogen and oxygen atoms in total. The quantitative estimate of drug-likeness (QED) is 0.790. The number of hydrogen-bond donors (Lipinski definition) is 1. The van der Waals surface area contributed by atoms with Gasteiger partial charge in [0, 0.05) is 4.47 Å². The molecule has 0 saturated carbocycles. The SMILES string of the molecule is COc1ccc(COCc2ccc(Br)cc2)cc1C(N)=S. The second-order valence-corrected chi connectivity index (χ2v) is 5.87. The van der Waals surface area contributed by atoms with Gasteiger partial charge in [-0.2, -0.15) is 0 Å². The zero-order valence-corrected chi connectivity index (χ0v) is 14.0. The zero-order chi connectivity index (χ0) is 15.2. The van der Waals surface area contributed by atoms with Gasteiger partial charge in [-0.15, -0.1) is 0 Å². The van der Waals surface area contributed by atoms with Crippen molar-refractivity contribution in [1.29, 1.82) is 0 Å². The van der Waals surface area contributed by atoms with E-state index in [1.54, 1.807) is 7.11 Å². The summed E-state index contributed by atoms with van der Waals surface area (Å²) in [5.74, 6) is 0.680. The molecule has 0 heterocycles. The van der Waals surface area contributed by atoms with Crippen molar-refractivity contribution in [1.82, 2.24) is 0 Å². The summed E-state index contributed by atoms with van der Waals surface area (Å²) in [5, 5.41) is 0. The molecule has 0 aliphatic rings. The minimum atomic E-state index is 0.321. The van der Waals surface area contributed by atoms with E-state index in [9.17, 15) is 0 Å². The number of nitrogens with two attached hydrogens (primary N) is 1. The molecular weight excluding hydrogens is 350 g/mol. The molecule has 0 saturated heterocycles. The third kappa shape index (κ3) is 4.52. The molecule has 2 N–H and O–H groups in total. The first kappa shape index (κ1) is 15.9. The molecule has 0 radical (unpaired) electrons. The van der Waals surface area contributed by atoms with Crippen LogP contribution in [0.15, 0.2) is 46.9 Å². The van der Waals surface area contributed by atoms with E-state index in [0.717, 1.165) is 21.2 Å². The smallest absolute Gasteiger partial charge is 0.129 e. The van der Waals surface area contributed by atoms with Crippen LogP contribution in [0.3, 0.4) is 0 Å². The monoisotopic (exact) mass is 365 g/mol. The first-order valence-electron chi connectivity index (χ1n) is 6.39. The predicted molar refractivity (Wildman–Crippen MR) is 91.5 cm³/mol. The fraction of sp³-hybridized carbons (Fsp3) is 0.188. The molecule has 0 aromatic heterocycles. The van der Waals surface area contributed by atoms with Crippen molar-refractivity contribution in [3.63, 3.8) is 0 Å². The van der Waals surface area contributed by atoms with E-state index in [0.29, 0.717) is 24.0 Å². The molecule has 110 valence electrons. The Bertz CT molecular complexity index is 629. The van der Waals surface area contributed by atoms with Crippen LogP contribution in [-0.4, -0.2) is 12.1 Å². The molecule has 0 amide bonds. The van der Waals surface area contributed by atoms with Gasteiger partial charge in [-0.25, -0.2) is 0 Å². The van der Waals surface area contributed by atoms with Gasteiger partial charge in [-0.1, -0.05) is 46.3 Å². The van der Waals surface area contributed by atoms with Crippen molar-refractivity contribution in [2.75, 3.05) is 7.11 Å². The standard InChI is InChI=1S/C16H16BrNO2S/c1-19-15-7-4-12(8-14(15)16(18)21)10-20-9-11-2-5-13(17)6-3-11/h2-8H,9-10H2,1H3,(H2,18,21). The number of thiocarbonyl (C=S) groups is 1. The molecule has 0 atom stereocenters. The van der Waals surface area contributed by atoms with E-state index in [1.165, 1.54) is 0 Å². The largest absolute Gasteiger partial charge is 0.496 e. The van der Waals surface area contributed by atoms with Gasteiger partial charge in [0.2, 0.25) is 0 Å². The van der Waals surface area contributed by atoms with Crippen LogP contribution in [0.5, 0.6) is 5.75 Å². The number of ether oxygens (including phenoxy) is 2. The number of benzene rings is 2. The highest BCUT2D eigenvalue weighted by Gasteiger charge is 2.07. The molecule has 0 spiro atoms. The van der Waals surface area contributed by atoms with E-state index in [4.69, 9.17) is 27.4 Å². The summed E-state index contributed by atoms with van der Waals surface area (Å²) in [6, 6.07) is 13.8. The second kappa shape index (κ2) is 7.54. The van der Waals surface area contributed by atoms with Gasteiger partial charge >= 0.3 is 0 Å². The lowest BCUT2D eigenvalue weighted by molar-refractivity contribution is 0.107. The van der Waals surface area contributed by atoms with E-state index < -0.39 is 0 Å². The van der Waals surface area contributed by atoms with Crippen LogP contribution < -0.4 is 10.5 Å². The van der Waals surface area contributed by atoms with Crippen LogP contribution >= 0.6 is 28.1 Å². The maximum absolute atomic E-state index is 5.71. The summed E-state index contributed by atoms with van der Waals surface area (Å²) < 4.78 is 12.0. The highest BCUT2D eigenvalue weighted by atomic mass is 79.9. The van der Waals surface area contributed by atoms with Crippen LogP contribution in [0.25, 0.3) is 0 Å². The lowest BCUT2D eigenvalue weighted by Gasteiger charge is -2.10. The molecule has 0 aliphatic carbocycles. The molecule has 2 aromatic carbocycles. The topological polar surface area (TPSA) is 44.5 Å². The van der Waals surface area contributed by atoms with E-state index >= 15 is 0 Å². The van der Waals surface area contributed by atoms with Gasteiger partial charge in [0.15, 0.2) is 0 Å². The van der Waals surface area contributed by atoms with E-state index in [-0.39, 0.29) is 0 Å². The van der Waals surface area contributed by atoms with Crippen molar-refractivity contribution >= 4 is 33.1 Å². The Hall–Kier alpha value is -1.43. The first-order valence-corrected chi connectivity index (χ1v) is 7.59. The van der Waals surface area contributed by atoms with Crippen LogP contribution in [0.4, 0.5) is 0 Å². The third-order valence-corrected chi connectivity index (χ3v) is 3.73. The maximum Gasteiger partial charge on any atom is 0.129 e. The van der Waals surface area contributed by atoms with Crippen molar-refractivity contribution < 1.29 is 9.47 Å². The van der Waals surface area contributed by atoms with Crippen LogP contribution in [-0.2, 0) is 18.0 Å². The van der Waals surface area contributed by atoms with Crippen molar-refractivity contribution in [3.05, 3.63) is 63.6 Å². The average molecular weight is 366 g/mol. The van der Waals surface area contributed by atoms with Crippen molar-refractivity contribution in [3.8, 4) is 5.75 Å². The Kier molecular flexibility index (Phi) is 5.73. The second-order valence-electron chi connectivity index (χ2n) is 4.52. The van der Waals surface area contributed by atoms with Gasteiger partial charge in [-0.3, -0.25) is 0 Å². The lowest BCUT2D eigenvalue weighted by Crippen LogP contribution is -2.11. The van der Waals surface area contributed by atoms with Crippen LogP contribution in [0.1, 0.15) is 16.7 Å². The molecule has 0 unspecified atom stereocenters. The molecule has 2 aromatic rings. The molecule has 0 fully saturated rings. The normalized spacial score (nSPS) is 10.4. The number of hydrogen-bond acceptors (Lipinski definition) is 3. The molecule has 5 heteroatoms. The predicted octanol–water partition coefficient (Wildman–Crippen LogP) is 3.81. The highest BCUT2D eigenvalue weighted by molar-refractivity contribution is 9.10. The van der Waals surface area contributed by atoms with Crippen molar-refractivity contribution in [2.45, 2.75) is 13.2 Å². The highest BCUT2D eigenvalue weighted by Crippen LogP contribution is 2.20. The van der Waals surface area contributed by atoms with Gasteiger partial charge in [0.05, 0.1) is 25.9 Å². The minimum absolute atomic E-state index is 0.321. The van der Waals surface area contributed by atoms with E-state index in [2.05, 4.69) is 15.9 Å². The minimum Gasteiger partial charge on any atom is -0.496 e. The summed E-state index contributed by atoms with van der Waals surface area (Å²) in [6.45, 7) is 1.05. The van der Waals surface area contributed by atoms with Gasteiger partial charge in [0.25, 0.3) is 0 Å². The number of halogens is 1. The number of methoxy groups -OCH3 is 1. The molecule has 2 rings (SSSR count). The lowest BCUT2D eigenvalue weighted by atomic mass is 10.1. The fourth-order valence-electron chi connectivity index (χ4n) is 1.90. The molecule has 21 heavy (non-hydrogen) atoms. The summed E-state index contributed by atoms with van der Waals surface area (Å²) in [5.41, 5.74) is 8.57. The van der Waals surface area contributed by atoms with Crippen LogP contribution in [0.2, 0.25) is 0 Å². The maximum atomic E-state index is 5.71. The zero-order valence-electron chi connectivity index (χ0n) is 11.6. The molecular formula is C16H16BrNO2S. The van der Waals surface area contributed by atoms with E-state index in [1.807, 2.05) is 42.5 Å². The fourth-order valence-corrected chi connectivity index (χ4v) is 2.33. The summed E-state index contributed by atoms with van der Waals surface area (Å²) >= 11 is 8.44. The van der Waals surface area contributed by atoms with Crippen LogP contribution in [0, 0.1) is 0 Å². The third-order valence-electron chi connectivity index (χ3n) is 2.98. The Balaban J connectivity index is 1.98. The van der Waals surface area contributed by atoms with Gasteiger partial charge in [-0.05, 0) is 35.4 Å². The Labute approximate surface area is 138 Å². The Morgan fingerprint density at radius 3 is 2.33 bits per heavy atom. The Morgan fingerprint density at radius 1 is 1.10 bits per heavy atom. The Morgan fingerprint density at radius 2 is 1.71 bits per heavy atom. The number of rotatable bonds is 6. The molecule has 0 aliphatic heterocycles. The summed E-state index contributed by atoms with van der Waals surface area (Å²) in [4.78, 5) is 0.321. The first-order chi connectivity index (χ1) is 10.1. The summed E-state index contributed by atoms with van der Waals surface area (Å²) in [6.07, 6.45) is 0. The summed E-state index contributed by atoms with van der Waals surface area (Å²) in [7, 11) is 1.60. The average Bonchev–Trinajstić information content (AvgIpc) is 2.49. The van der Waals surface area contributed by atoms with Gasteiger partial charge in [0.1, 0.15) is 10.7 Å². The van der Waals surface area contributed by atoms with Gasteiger partial charge < -0.3 is 15.2 Å². The molecule has 0 bridgehead atoms. The van der Waals surface area contributed by atoms with Crippen molar-refractivity contribution in [2.24, 2.45) is 5.73 Å².